The van der Waals surface area contributed by atoms with Gasteiger partial charge < -0.3 is 19.7 Å². The highest BCUT2D eigenvalue weighted by atomic mass is 19.1. The Kier molecular flexibility index (Phi) is 12.1. The van der Waals surface area contributed by atoms with E-state index in [-0.39, 0.29) is 18.3 Å². The van der Waals surface area contributed by atoms with Crippen LogP contribution in [-0.2, 0) is 14.3 Å². The number of hydrogen-bond acceptors (Lipinski definition) is 6. The maximum absolute atomic E-state index is 13.4. The van der Waals surface area contributed by atoms with Gasteiger partial charge in [-0.2, -0.15) is 0 Å². The summed E-state index contributed by atoms with van der Waals surface area (Å²) < 4.78 is 24.1. The van der Waals surface area contributed by atoms with Crippen molar-refractivity contribution in [1.82, 2.24) is 0 Å². The van der Waals surface area contributed by atoms with Crippen LogP contribution in [0.3, 0.4) is 0 Å². The van der Waals surface area contributed by atoms with Gasteiger partial charge in [-0.3, -0.25) is 4.79 Å². The van der Waals surface area contributed by atoms with Crippen LogP contribution >= 0.6 is 0 Å². The summed E-state index contributed by atoms with van der Waals surface area (Å²) in [6, 6.07) is 22.9. The fourth-order valence-electron chi connectivity index (χ4n) is 5.30. The van der Waals surface area contributed by atoms with Crippen molar-refractivity contribution in [2.45, 2.75) is 50.4 Å². The molecule has 7 heteroatoms. The third-order valence-electron chi connectivity index (χ3n) is 7.64. The standard InChI is InChI=1S/C37H37FO6/c1-43-36(41)15-8-3-2-7-14-33-32(23-22-31(39)21-16-26-10-9-13-30(38)24-26)34(40)25-35(33)44-37(42)29-19-17-28(18-20-29)27-11-5-4-6-12-27/h2,4-7,9-13,17-20,22-24,31-35,39-40H,3,8,14-15,25H2,1H3/b7-2-,23-22+/t31?,32-,33-,34-,35+/m1/s1. The summed E-state index contributed by atoms with van der Waals surface area (Å²) in [5.41, 5.74) is 2.88. The van der Waals surface area contributed by atoms with E-state index in [4.69, 9.17) is 4.74 Å². The van der Waals surface area contributed by atoms with Gasteiger partial charge in [-0.1, -0.05) is 78.6 Å². The number of rotatable bonds is 11. The molecule has 3 aromatic carbocycles. The van der Waals surface area contributed by atoms with E-state index in [1.165, 1.54) is 25.3 Å². The number of carbonyl (C=O) groups excluding carboxylic acids is 2. The highest BCUT2D eigenvalue weighted by Gasteiger charge is 2.42. The number of benzene rings is 3. The monoisotopic (exact) mass is 596 g/mol. The zero-order valence-corrected chi connectivity index (χ0v) is 24.6. The predicted octanol–water partition coefficient (Wildman–Crippen LogP) is 6.27. The molecule has 1 unspecified atom stereocenters. The van der Waals surface area contributed by atoms with Gasteiger partial charge in [0.15, 0.2) is 0 Å². The Labute approximate surface area is 257 Å². The van der Waals surface area contributed by atoms with Crippen LogP contribution in [0.1, 0.15) is 48.0 Å². The highest BCUT2D eigenvalue weighted by Crippen LogP contribution is 2.39. The highest BCUT2D eigenvalue weighted by molar-refractivity contribution is 5.90. The molecule has 0 amide bonds. The van der Waals surface area contributed by atoms with Gasteiger partial charge in [0, 0.05) is 30.2 Å². The summed E-state index contributed by atoms with van der Waals surface area (Å²) in [7, 11) is 1.36. The van der Waals surface area contributed by atoms with Gasteiger partial charge in [0.05, 0.1) is 18.8 Å². The van der Waals surface area contributed by atoms with Crippen molar-refractivity contribution < 1.29 is 33.7 Å². The number of allylic oxidation sites excluding steroid dienone is 2. The Bertz CT molecular complexity index is 1500. The summed E-state index contributed by atoms with van der Waals surface area (Å²) in [6.07, 6.45) is 7.07. The van der Waals surface area contributed by atoms with Gasteiger partial charge in [0.2, 0.25) is 0 Å². The number of aliphatic hydroxyl groups is 2. The maximum atomic E-state index is 13.4. The predicted molar refractivity (Wildman–Crippen MR) is 167 cm³/mol. The number of halogens is 1. The lowest BCUT2D eigenvalue weighted by atomic mass is 9.89. The molecule has 0 radical (unpaired) electrons. The number of methoxy groups -OCH3 is 1. The smallest absolute Gasteiger partial charge is 0.338 e. The molecule has 0 bridgehead atoms. The van der Waals surface area contributed by atoms with Crippen molar-refractivity contribution in [3.05, 3.63) is 120 Å². The molecular weight excluding hydrogens is 559 g/mol. The first-order valence-electron chi connectivity index (χ1n) is 14.7. The van der Waals surface area contributed by atoms with Crippen LogP contribution in [0, 0.1) is 29.5 Å². The van der Waals surface area contributed by atoms with E-state index >= 15 is 0 Å². The molecule has 1 aliphatic rings. The third kappa shape index (κ3) is 9.50. The van der Waals surface area contributed by atoms with Crippen molar-refractivity contribution in [3.63, 3.8) is 0 Å². The van der Waals surface area contributed by atoms with Gasteiger partial charge in [0.1, 0.15) is 18.0 Å². The minimum Gasteiger partial charge on any atom is -0.469 e. The SMILES string of the molecule is COC(=O)CCC/C=C\C[C@@H]1[C@@H](/C=C/C(O)C#Cc2cccc(F)c2)[C@H](O)C[C@@H]1OC(=O)c1ccc(-c2ccccc2)cc1. The van der Waals surface area contributed by atoms with Crippen LogP contribution in [0.2, 0.25) is 0 Å². The Morgan fingerprint density at radius 3 is 2.50 bits per heavy atom. The molecule has 0 aliphatic heterocycles. The molecule has 1 saturated carbocycles. The van der Waals surface area contributed by atoms with Crippen LogP contribution in [0.5, 0.6) is 0 Å². The lowest BCUT2D eigenvalue weighted by molar-refractivity contribution is -0.140. The van der Waals surface area contributed by atoms with E-state index in [2.05, 4.69) is 16.6 Å². The van der Waals surface area contributed by atoms with E-state index in [1.54, 1.807) is 30.3 Å². The van der Waals surface area contributed by atoms with Crippen LogP contribution in [0.15, 0.2) is 103 Å². The Morgan fingerprint density at radius 1 is 1.02 bits per heavy atom. The first kappa shape index (κ1) is 32.4. The summed E-state index contributed by atoms with van der Waals surface area (Å²) in [5.74, 6) is 3.62. The second-order valence-electron chi connectivity index (χ2n) is 10.7. The summed E-state index contributed by atoms with van der Waals surface area (Å²) >= 11 is 0. The molecule has 44 heavy (non-hydrogen) atoms. The number of hydrogen-bond donors (Lipinski definition) is 2. The molecule has 3 aromatic rings. The van der Waals surface area contributed by atoms with Crippen molar-refractivity contribution >= 4 is 11.9 Å². The zero-order valence-electron chi connectivity index (χ0n) is 24.6. The van der Waals surface area contributed by atoms with Crippen molar-refractivity contribution in [1.29, 1.82) is 0 Å². The van der Waals surface area contributed by atoms with Crippen LogP contribution < -0.4 is 0 Å². The number of esters is 2. The van der Waals surface area contributed by atoms with Crippen molar-refractivity contribution in [2.24, 2.45) is 11.8 Å². The molecule has 0 aromatic heterocycles. The minimum atomic E-state index is -1.13. The van der Waals surface area contributed by atoms with E-state index < -0.39 is 36.0 Å². The number of carbonyl (C=O) groups is 2. The topological polar surface area (TPSA) is 93.1 Å². The molecule has 0 heterocycles. The molecule has 5 atom stereocenters. The summed E-state index contributed by atoms with van der Waals surface area (Å²) in [4.78, 5) is 24.5. The summed E-state index contributed by atoms with van der Waals surface area (Å²) in [5, 5.41) is 21.4. The number of aliphatic hydroxyl groups excluding tert-OH is 2. The minimum absolute atomic E-state index is 0.245. The normalized spacial score (nSPS) is 20.3. The van der Waals surface area contributed by atoms with Gasteiger partial charge in [0.25, 0.3) is 0 Å². The van der Waals surface area contributed by atoms with Gasteiger partial charge in [-0.05, 0) is 66.8 Å². The molecule has 1 aliphatic carbocycles. The molecule has 1 fully saturated rings. The molecule has 4 rings (SSSR count). The van der Waals surface area contributed by atoms with Crippen LogP contribution in [0.25, 0.3) is 11.1 Å². The first-order valence-corrected chi connectivity index (χ1v) is 14.7. The lowest BCUT2D eigenvalue weighted by Crippen LogP contribution is -2.25. The maximum Gasteiger partial charge on any atom is 0.338 e. The second kappa shape index (κ2) is 16.4. The lowest BCUT2D eigenvalue weighted by Gasteiger charge is -2.22. The number of unbranched alkanes of at least 4 members (excludes halogenated alkanes) is 1. The Morgan fingerprint density at radius 2 is 1.77 bits per heavy atom. The van der Waals surface area contributed by atoms with Gasteiger partial charge in [-0.25, -0.2) is 9.18 Å². The average molecular weight is 597 g/mol. The quantitative estimate of drug-likeness (QED) is 0.117. The average Bonchev–Trinajstić information content (AvgIpc) is 3.33. The van der Waals surface area contributed by atoms with E-state index in [1.807, 2.05) is 54.6 Å². The largest absolute Gasteiger partial charge is 0.469 e. The van der Waals surface area contributed by atoms with Gasteiger partial charge >= 0.3 is 11.9 Å². The molecule has 0 saturated heterocycles. The zero-order chi connectivity index (χ0) is 31.3. The molecule has 2 N–H and O–H groups in total. The molecule has 0 spiro atoms. The number of ether oxygens (including phenoxy) is 2. The Balaban J connectivity index is 1.45. The fraction of sp³-hybridized carbons (Fsp3) is 0.297. The van der Waals surface area contributed by atoms with Crippen molar-refractivity contribution in [2.75, 3.05) is 7.11 Å². The van der Waals surface area contributed by atoms with E-state index in [9.17, 15) is 24.2 Å². The van der Waals surface area contributed by atoms with Crippen LogP contribution in [0.4, 0.5) is 4.39 Å². The van der Waals surface area contributed by atoms with E-state index in [0.29, 0.717) is 36.8 Å². The van der Waals surface area contributed by atoms with E-state index in [0.717, 1.165) is 11.1 Å². The Hall–Kier alpha value is -4.51. The molecular formula is C37H37FO6. The van der Waals surface area contributed by atoms with Gasteiger partial charge in [-0.15, -0.1) is 0 Å². The van der Waals surface area contributed by atoms with Crippen LogP contribution in [-0.4, -0.2) is 47.6 Å². The summed E-state index contributed by atoms with van der Waals surface area (Å²) in [6.45, 7) is 0. The van der Waals surface area contributed by atoms with Crippen molar-refractivity contribution in [3.8, 4) is 23.0 Å². The fourth-order valence-corrected chi connectivity index (χ4v) is 5.30. The second-order valence-corrected chi connectivity index (χ2v) is 10.7. The third-order valence-corrected chi connectivity index (χ3v) is 7.64. The first-order chi connectivity index (χ1) is 21.3. The molecule has 6 nitrogen and oxygen atoms in total. The molecule has 228 valence electrons.